The van der Waals surface area contributed by atoms with Crippen LogP contribution in [0.4, 0.5) is 5.00 Å². The second kappa shape index (κ2) is 5.92. The van der Waals surface area contributed by atoms with Crippen LogP contribution in [0.5, 0.6) is 5.75 Å². The van der Waals surface area contributed by atoms with Gasteiger partial charge in [0.25, 0.3) is 0 Å². The average Bonchev–Trinajstić information content (AvgIpc) is 3.23. The number of nitrogens with zero attached hydrogens (tertiary/aromatic N) is 3. The number of aromatic nitrogens is 3. The molecule has 3 heterocycles. The molecule has 2 N–H and O–H groups in total. The van der Waals surface area contributed by atoms with E-state index in [1.54, 1.807) is 11.3 Å². The van der Waals surface area contributed by atoms with Gasteiger partial charge in [-0.2, -0.15) is 0 Å². The fourth-order valence-corrected chi connectivity index (χ4v) is 4.26. The summed E-state index contributed by atoms with van der Waals surface area (Å²) in [6, 6.07) is 7.93. The van der Waals surface area contributed by atoms with Gasteiger partial charge >= 0.3 is 0 Å². The van der Waals surface area contributed by atoms with Crippen LogP contribution in [0, 0.1) is 6.92 Å². The van der Waals surface area contributed by atoms with Crippen LogP contribution in [0.25, 0.3) is 26.9 Å². The predicted molar refractivity (Wildman–Crippen MR) is 99.9 cm³/mol. The summed E-state index contributed by atoms with van der Waals surface area (Å²) in [6.07, 6.45) is 2.00. The predicted octanol–water partition coefficient (Wildman–Crippen LogP) is 4.48. The monoisotopic (exact) mass is 356 g/mol. The minimum atomic E-state index is 0.658. The molecule has 0 aliphatic carbocycles. The zero-order chi connectivity index (χ0) is 16.7. The van der Waals surface area contributed by atoms with Crippen molar-refractivity contribution in [1.29, 1.82) is 0 Å². The number of imidazole rings is 1. The van der Waals surface area contributed by atoms with E-state index in [0.29, 0.717) is 11.6 Å². The molecule has 0 fully saturated rings. The van der Waals surface area contributed by atoms with E-state index in [0.717, 1.165) is 38.4 Å². The molecule has 4 rings (SSSR count). The van der Waals surface area contributed by atoms with E-state index in [-0.39, 0.29) is 0 Å². The minimum Gasteiger partial charge on any atom is -0.494 e. The smallest absolute Gasteiger partial charge is 0.194 e. The van der Waals surface area contributed by atoms with Crippen molar-refractivity contribution in [2.75, 3.05) is 12.3 Å². The van der Waals surface area contributed by atoms with Gasteiger partial charge in [-0.1, -0.05) is 11.3 Å². The van der Waals surface area contributed by atoms with Gasteiger partial charge < -0.3 is 10.5 Å². The number of nitrogens with two attached hydrogens (primary N) is 1. The highest BCUT2D eigenvalue weighted by atomic mass is 32.1. The Bertz CT molecular complexity index is 998. The number of rotatable bonds is 4. The number of hydrogen-bond acceptors (Lipinski definition) is 6. The summed E-state index contributed by atoms with van der Waals surface area (Å²) in [5.41, 5.74) is 10.0. The third kappa shape index (κ3) is 2.46. The van der Waals surface area contributed by atoms with Gasteiger partial charge in [-0.3, -0.25) is 4.40 Å². The van der Waals surface area contributed by atoms with Crippen molar-refractivity contribution < 1.29 is 4.74 Å². The molecule has 0 aliphatic heterocycles. The van der Waals surface area contributed by atoms with Crippen LogP contribution >= 0.6 is 22.7 Å². The van der Waals surface area contributed by atoms with Crippen molar-refractivity contribution in [1.82, 2.24) is 14.4 Å². The molecular weight excluding hydrogens is 340 g/mol. The van der Waals surface area contributed by atoms with Gasteiger partial charge in [0.05, 0.1) is 18.0 Å². The second-order valence-electron chi connectivity index (χ2n) is 5.29. The van der Waals surface area contributed by atoms with Crippen LogP contribution in [-0.2, 0) is 0 Å². The minimum absolute atomic E-state index is 0.658. The maximum Gasteiger partial charge on any atom is 0.194 e. The fraction of sp³-hybridized carbons (Fsp3) is 0.176. The van der Waals surface area contributed by atoms with E-state index in [4.69, 9.17) is 15.5 Å². The van der Waals surface area contributed by atoms with E-state index in [9.17, 15) is 0 Å². The van der Waals surface area contributed by atoms with Crippen molar-refractivity contribution in [3.63, 3.8) is 0 Å². The summed E-state index contributed by atoms with van der Waals surface area (Å²) in [5, 5.41) is 3.62. The van der Waals surface area contributed by atoms with Gasteiger partial charge in [0, 0.05) is 17.1 Å². The van der Waals surface area contributed by atoms with Gasteiger partial charge in [-0.25, -0.2) is 9.97 Å². The first kappa shape index (κ1) is 15.2. The molecule has 0 atom stereocenters. The Hall–Kier alpha value is -2.38. The van der Waals surface area contributed by atoms with E-state index < -0.39 is 0 Å². The van der Waals surface area contributed by atoms with Crippen molar-refractivity contribution in [3.8, 4) is 27.7 Å². The summed E-state index contributed by atoms with van der Waals surface area (Å²) in [7, 11) is 0. The van der Waals surface area contributed by atoms with Gasteiger partial charge in [0.2, 0.25) is 0 Å². The summed E-state index contributed by atoms with van der Waals surface area (Å²) in [4.78, 5) is 10.3. The summed E-state index contributed by atoms with van der Waals surface area (Å²) in [5.74, 6) is 0.859. The number of ether oxygens (including phenoxy) is 1. The Kier molecular flexibility index (Phi) is 3.74. The summed E-state index contributed by atoms with van der Waals surface area (Å²) >= 11 is 3.10. The van der Waals surface area contributed by atoms with Crippen LogP contribution in [0.1, 0.15) is 12.6 Å². The van der Waals surface area contributed by atoms with E-state index >= 15 is 0 Å². The number of hydrogen-bond donors (Lipinski definition) is 1. The normalized spacial score (nSPS) is 11.2. The SMILES string of the molecule is CCOc1ccc(-c2nc(-c3c(C)nc4sccn34)c(N)s2)cc1. The zero-order valence-corrected chi connectivity index (χ0v) is 14.9. The van der Waals surface area contributed by atoms with Crippen molar-refractivity contribution in [2.24, 2.45) is 0 Å². The first-order valence-corrected chi connectivity index (χ1v) is 9.29. The molecule has 1 aromatic carbocycles. The number of thiazole rings is 2. The molecule has 0 bridgehead atoms. The molecule has 0 aliphatic rings. The van der Waals surface area contributed by atoms with Crippen molar-refractivity contribution >= 4 is 32.6 Å². The van der Waals surface area contributed by atoms with Crippen LogP contribution in [0.15, 0.2) is 35.8 Å². The van der Waals surface area contributed by atoms with Crippen LogP contribution < -0.4 is 10.5 Å². The highest BCUT2D eigenvalue weighted by Gasteiger charge is 2.19. The molecule has 0 spiro atoms. The Morgan fingerprint density at radius 1 is 1.21 bits per heavy atom. The molecule has 0 unspecified atom stereocenters. The number of benzene rings is 1. The van der Waals surface area contributed by atoms with E-state index in [1.807, 2.05) is 54.1 Å². The lowest BCUT2D eigenvalue weighted by atomic mass is 10.2. The van der Waals surface area contributed by atoms with Crippen LogP contribution in [0.2, 0.25) is 0 Å². The summed E-state index contributed by atoms with van der Waals surface area (Å²) < 4.78 is 7.54. The standard InChI is InChI=1S/C17H16N4OS2/c1-3-22-12-6-4-11(5-7-12)16-20-13(15(18)24-16)14-10(2)19-17-21(14)8-9-23-17/h4-9H,3,18H2,1-2H3. The average molecular weight is 356 g/mol. The third-order valence-corrected chi connectivity index (χ3v) is 5.42. The van der Waals surface area contributed by atoms with Gasteiger partial charge in [0.1, 0.15) is 21.5 Å². The zero-order valence-electron chi connectivity index (χ0n) is 13.3. The lowest BCUT2D eigenvalue weighted by Crippen LogP contribution is -1.92. The molecule has 0 amide bonds. The van der Waals surface area contributed by atoms with Gasteiger partial charge in [-0.05, 0) is 38.1 Å². The van der Waals surface area contributed by atoms with Crippen LogP contribution in [0.3, 0.4) is 0 Å². The second-order valence-corrected chi connectivity index (χ2v) is 7.19. The highest BCUT2D eigenvalue weighted by molar-refractivity contribution is 7.19. The van der Waals surface area contributed by atoms with Crippen molar-refractivity contribution in [3.05, 3.63) is 41.5 Å². The summed E-state index contributed by atoms with van der Waals surface area (Å²) in [6.45, 7) is 4.62. The lowest BCUT2D eigenvalue weighted by Gasteiger charge is -2.03. The Labute approximate surface area is 147 Å². The number of fused-ring (bicyclic) bond motifs is 1. The van der Waals surface area contributed by atoms with E-state index in [1.165, 1.54) is 11.3 Å². The largest absolute Gasteiger partial charge is 0.494 e. The maximum absolute atomic E-state index is 6.27. The van der Waals surface area contributed by atoms with Crippen LogP contribution in [-0.4, -0.2) is 21.0 Å². The first-order chi connectivity index (χ1) is 11.7. The van der Waals surface area contributed by atoms with Crippen molar-refractivity contribution in [2.45, 2.75) is 13.8 Å². The molecule has 0 radical (unpaired) electrons. The topological polar surface area (TPSA) is 65.4 Å². The van der Waals surface area contributed by atoms with E-state index in [2.05, 4.69) is 4.98 Å². The number of anilines is 1. The maximum atomic E-state index is 6.27. The van der Waals surface area contributed by atoms with Gasteiger partial charge in [0.15, 0.2) is 4.96 Å². The molecule has 7 heteroatoms. The molecule has 24 heavy (non-hydrogen) atoms. The molecule has 122 valence electrons. The lowest BCUT2D eigenvalue weighted by molar-refractivity contribution is 0.340. The fourth-order valence-electron chi connectivity index (χ4n) is 2.66. The molecule has 0 saturated carbocycles. The Balaban J connectivity index is 1.77. The highest BCUT2D eigenvalue weighted by Crippen LogP contribution is 2.38. The molecule has 3 aromatic heterocycles. The molecule has 4 aromatic rings. The molecular formula is C17H16N4OS2. The Morgan fingerprint density at radius 2 is 2.00 bits per heavy atom. The molecule has 0 saturated heterocycles. The quantitative estimate of drug-likeness (QED) is 0.586. The molecule has 5 nitrogen and oxygen atoms in total. The third-order valence-electron chi connectivity index (χ3n) is 3.73. The first-order valence-electron chi connectivity index (χ1n) is 7.59. The number of nitrogen functional groups attached to an aromatic ring is 1. The van der Waals surface area contributed by atoms with Gasteiger partial charge in [-0.15, -0.1) is 11.3 Å². The number of aryl methyl sites for hydroxylation is 1. The Morgan fingerprint density at radius 3 is 2.75 bits per heavy atom.